The SMILES string of the molecule is O=C(NCc1cccc(OCc2ccccc2)c1)c1cccc2c1OCO2. The summed E-state index contributed by atoms with van der Waals surface area (Å²) in [5.74, 6) is 1.66. The normalized spacial score (nSPS) is 11.9. The van der Waals surface area contributed by atoms with E-state index in [1.165, 1.54) is 0 Å². The van der Waals surface area contributed by atoms with E-state index in [9.17, 15) is 4.79 Å². The van der Waals surface area contributed by atoms with Gasteiger partial charge >= 0.3 is 0 Å². The van der Waals surface area contributed by atoms with Crippen LogP contribution in [0.15, 0.2) is 72.8 Å². The summed E-state index contributed by atoms with van der Waals surface area (Å²) in [6.45, 7) is 1.04. The van der Waals surface area contributed by atoms with Gasteiger partial charge in [0.25, 0.3) is 5.91 Å². The Labute approximate surface area is 157 Å². The van der Waals surface area contributed by atoms with Gasteiger partial charge in [-0.2, -0.15) is 0 Å². The zero-order chi connectivity index (χ0) is 18.5. The number of ether oxygens (including phenoxy) is 3. The summed E-state index contributed by atoms with van der Waals surface area (Å²) in [4.78, 5) is 12.5. The molecule has 3 aromatic rings. The van der Waals surface area contributed by atoms with Crippen LogP contribution in [0.4, 0.5) is 0 Å². The molecule has 0 radical (unpaired) electrons. The first-order valence-corrected chi connectivity index (χ1v) is 8.72. The van der Waals surface area contributed by atoms with Crippen LogP contribution in [0.1, 0.15) is 21.5 Å². The van der Waals surface area contributed by atoms with Crippen LogP contribution in [0.2, 0.25) is 0 Å². The van der Waals surface area contributed by atoms with Crippen LogP contribution in [0.25, 0.3) is 0 Å². The predicted octanol–water partition coefficient (Wildman–Crippen LogP) is 3.92. The van der Waals surface area contributed by atoms with Crippen molar-refractivity contribution in [2.75, 3.05) is 6.79 Å². The number of amides is 1. The zero-order valence-electron chi connectivity index (χ0n) is 14.7. The maximum absolute atomic E-state index is 12.5. The molecule has 27 heavy (non-hydrogen) atoms. The van der Waals surface area contributed by atoms with Crippen molar-refractivity contribution in [1.29, 1.82) is 0 Å². The van der Waals surface area contributed by atoms with Crippen molar-refractivity contribution in [3.8, 4) is 17.2 Å². The van der Waals surface area contributed by atoms with Crippen LogP contribution in [0.3, 0.4) is 0 Å². The van der Waals surface area contributed by atoms with E-state index in [-0.39, 0.29) is 12.7 Å². The Bertz CT molecular complexity index is 940. The van der Waals surface area contributed by atoms with Gasteiger partial charge in [-0.3, -0.25) is 4.79 Å². The molecule has 5 heteroatoms. The molecule has 0 atom stereocenters. The van der Waals surface area contributed by atoms with Gasteiger partial charge in [0.15, 0.2) is 11.5 Å². The molecule has 3 aromatic carbocycles. The van der Waals surface area contributed by atoms with Gasteiger partial charge in [-0.25, -0.2) is 0 Å². The minimum absolute atomic E-state index is 0.139. The standard InChI is InChI=1S/C22H19NO4/c24-22(19-10-5-11-20-21(19)27-15-26-20)23-13-17-8-4-9-18(12-17)25-14-16-6-2-1-3-7-16/h1-12H,13-15H2,(H,23,24). The number of hydrogen-bond donors (Lipinski definition) is 1. The molecule has 0 bridgehead atoms. The largest absolute Gasteiger partial charge is 0.489 e. The van der Waals surface area contributed by atoms with Gasteiger partial charge in [0, 0.05) is 6.54 Å². The monoisotopic (exact) mass is 361 g/mol. The van der Waals surface area contributed by atoms with Crippen molar-refractivity contribution < 1.29 is 19.0 Å². The second kappa shape index (κ2) is 7.83. The Kier molecular flexibility index (Phi) is 4.92. The molecule has 5 nitrogen and oxygen atoms in total. The average molecular weight is 361 g/mol. The van der Waals surface area contributed by atoms with Gasteiger partial charge in [-0.05, 0) is 35.4 Å². The highest BCUT2D eigenvalue weighted by molar-refractivity contribution is 5.97. The van der Waals surface area contributed by atoms with E-state index in [1.54, 1.807) is 18.2 Å². The first-order valence-electron chi connectivity index (χ1n) is 8.72. The quantitative estimate of drug-likeness (QED) is 0.723. The van der Waals surface area contributed by atoms with Crippen molar-refractivity contribution in [3.63, 3.8) is 0 Å². The van der Waals surface area contributed by atoms with E-state index < -0.39 is 0 Å². The van der Waals surface area contributed by atoms with Crippen molar-refractivity contribution >= 4 is 5.91 Å². The minimum Gasteiger partial charge on any atom is -0.489 e. The Balaban J connectivity index is 1.37. The minimum atomic E-state index is -0.201. The topological polar surface area (TPSA) is 56.8 Å². The third-order valence-corrected chi connectivity index (χ3v) is 4.24. The number of para-hydroxylation sites is 1. The van der Waals surface area contributed by atoms with E-state index in [1.807, 2.05) is 54.6 Å². The van der Waals surface area contributed by atoms with Crippen LogP contribution >= 0.6 is 0 Å². The lowest BCUT2D eigenvalue weighted by atomic mass is 10.1. The molecule has 1 aliphatic heterocycles. The number of benzene rings is 3. The maximum Gasteiger partial charge on any atom is 0.255 e. The Morgan fingerprint density at radius 3 is 2.63 bits per heavy atom. The lowest BCUT2D eigenvalue weighted by Crippen LogP contribution is -2.23. The fraction of sp³-hybridized carbons (Fsp3) is 0.136. The predicted molar refractivity (Wildman–Crippen MR) is 101 cm³/mol. The molecular formula is C22H19NO4. The molecule has 0 aromatic heterocycles. The van der Waals surface area contributed by atoms with Gasteiger partial charge in [-0.15, -0.1) is 0 Å². The second-order valence-corrected chi connectivity index (χ2v) is 6.14. The number of fused-ring (bicyclic) bond motifs is 1. The van der Waals surface area contributed by atoms with E-state index >= 15 is 0 Å². The first kappa shape index (κ1) is 17.0. The van der Waals surface area contributed by atoms with Gasteiger partial charge in [0.05, 0.1) is 5.56 Å². The fourth-order valence-corrected chi connectivity index (χ4v) is 2.87. The smallest absolute Gasteiger partial charge is 0.255 e. The molecule has 1 aliphatic rings. The average Bonchev–Trinajstić information content (AvgIpc) is 3.20. The molecule has 0 unspecified atom stereocenters. The summed E-state index contributed by atoms with van der Waals surface area (Å²) >= 11 is 0. The number of hydrogen-bond acceptors (Lipinski definition) is 4. The van der Waals surface area contributed by atoms with Gasteiger partial charge < -0.3 is 19.5 Å². The molecule has 4 rings (SSSR count). The van der Waals surface area contributed by atoms with Crippen molar-refractivity contribution in [1.82, 2.24) is 5.32 Å². The summed E-state index contributed by atoms with van der Waals surface area (Å²) in [5.41, 5.74) is 2.54. The first-order chi connectivity index (χ1) is 13.3. The molecule has 0 aliphatic carbocycles. The molecule has 0 spiro atoms. The number of carbonyl (C=O) groups is 1. The highest BCUT2D eigenvalue weighted by Gasteiger charge is 2.21. The van der Waals surface area contributed by atoms with E-state index in [0.29, 0.717) is 30.2 Å². The number of nitrogens with one attached hydrogen (secondary N) is 1. The molecule has 0 saturated heterocycles. The van der Waals surface area contributed by atoms with Gasteiger partial charge in [-0.1, -0.05) is 48.5 Å². The third-order valence-electron chi connectivity index (χ3n) is 4.24. The molecule has 136 valence electrons. The summed E-state index contributed by atoms with van der Waals surface area (Å²) in [7, 11) is 0. The summed E-state index contributed by atoms with van der Waals surface area (Å²) in [5, 5.41) is 2.92. The molecule has 1 amide bonds. The lowest BCUT2D eigenvalue weighted by Gasteiger charge is -2.10. The molecule has 0 fully saturated rings. The maximum atomic E-state index is 12.5. The van der Waals surface area contributed by atoms with Crippen LogP contribution in [-0.4, -0.2) is 12.7 Å². The lowest BCUT2D eigenvalue weighted by molar-refractivity contribution is 0.0946. The van der Waals surface area contributed by atoms with Crippen LogP contribution in [0, 0.1) is 0 Å². The third kappa shape index (κ3) is 4.03. The van der Waals surface area contributed by atoms with Crippen molar-refractivity contribution in [3.05, 3.63) is 89.5 Å². The molecular weight excluding hydrogens is 342 g/mol. The van der Waals surface area contributed by atoms with Crippen LogP contribution in [0.5, 0.6) is 17.2 Å². The Morgan fingerprint density at radius 1 is 0.926 bits per heavy atom. The van der Waals surface area contributed by atoms with Crippen LogP contribution in [-0.2, 0) is 13.2 Å². The zero-order valence-corrected chi connectivity index (χ0v) is 14.7. The summed E-state index contributed by atoms with van der Waals surface area (Å²) in [6, 6.07) is 23.0. The fourth-order valence-electron chi connectivity index (χ4n) is 2.87. The number of carbonyl (C=O) groups excluding carboxylic acids is 1. The van der Waals surface area contributed by atoms with E-state index in [2.05, 4.69) is 5.32 Å². The van der Waals surface area contributed by atoms with Crippen molar-refractivity contribution in [2.45, 2.75) is 13.2 Å². The van der Waals surface area contributed by atoms with Gasteiger partial charge in [0.2, 0.25) is 6.79 Å². The highest BCUT2D eigenvalue weighted by Crippen LogP contribution is 2.35. The molecule has 0 saturated carbocycles. The second-order valence-electron chi connectivity index (χ2n) is 6.14. The molecule has 1 N–H and O–H groups in total. The van der Waals surface area contributed by atoms with Crippen LogP contribution < -0.4 is 19.5 Å². The Morgan fingerprint density at radius 2 is 1.74 bits per heavy atom. The van der Waals surface area contributed by atoms with E-state index in [0.717, 1.165) is 16.9 Å². The van der Waals surface area contributed by atoms with Gasteiger partial charge in [0.1, 0.15) is 12.4 Å². The summed E-state index contributed by atoms with van der Waals surface area (Å²) < 4.78 is 16.5. The highest BCUT2D eigenvalue weighted by atomic mass is 16.7. The number of rotatable bonds is 6. The van der Waals surface area contributed by atoms with Crippen molar-refractivity contribution in [2.24, 2.45) is 0 Å². The summed E-state index contributed by atoms with van der Waals surface area (Å²) in [6.07, 6.45) is 0. The van der Waals surface area contributed by atoms with E-state index in [4.69, 9.17) is 14.2 Å². The molecule has 1 heterocycles. The Hall–Kier alpha value is -3.47.